The van der Waals surface area contributed by atoms with E-state index in [0.717, 1.165) is 10.2 Å². The SMILES string of the molecule is O=C(CNc1ccccc1)Cc1cc(F)ccc1Br. The topological polar surface area (TPSA) is 29.1 Å². The summed E-state index contributed by atoms with van der Waals surface area (Å²) in [5.41, 5.74) is 1.56. The van der Waals surface area contributed by atoms with Crippen LogP contribution >= 0.6 is 15.9 Å². The number of carbonyl (C=O) groups excluding carboxylic acids is 1. The summed E-state index contributed by atoms with van der Waals surface area (Å²) in [5.74, 6) is -0.322. The predicted molar refractivity (Wildman–Crippen MR) is 77.7 cm³/mol. The lowest BCUT2D eigenvalue weighted by Crippen LogP contribution is -2.16. The molecule has 0 atom stereocenters. The molecule has 0 saturated heterocycles. The van der Waals surface area contributed by atoms with Gasteiger partial charge in [-0.25, -0.2) is 4.39 Å². The zero-order valence-electron chi connectivity index (χ0n) is 10.2. The number of benzene rings is 2. The average Bonchev–Trinajstić information content (AvgIpc) is 2.42. The van der Waals surface area contributed by atoms with Crippen molar-refractivity contribution in [3.05, 3.63) is 64.4 Å². The first kappa shape index (κ1) is 13.7. The Morgan fingerprint density at radius 3 is 2.63 bits per heavy atom. The Labute approximate surface area is 119 Å². The van der Waals surface area contributed by atoms with Gasteiger partial charge in [0.15, 0.2) is 5.78 Å². The molecule has 98 valence electrons. The fourth-order valence-corrected chi connectivity index (χ4v) is 2.10. The van der Waals surface area contributed by atoms with Gasteiger partial charge >= 0.3 is 0 Å². The zero-order valence-corrected chi connectivity index (χ0v) is 11.8. The number of nitrogens with one attached hydrogen (secondary N) is 1. The first-order chi connectivity index (χ1) is 9.15. The van der Waals surface area contributed by atoms with E-state index in [2.05, 4.69) is 21.2 Å². The van der Waals surface area contributed by atoms with Crippen molar-refractivity contribution < 1.29 is 9.18 Å². The van der Waals surface area contributed by atoms with Crippen molar-refractivity contribution in [2.24, 2.45) is 0 Å². The minimum absolute atomic E-state index is 0.00940. The summed E-state index contributed by atoms with van der Waals surface area (Å²) in [6.07, 6.45) is 0.207. The van der Waals surface area contributed by atoms with Gasteiger partial charge in [0.2, 0.25) is 0 Å². The number of anilines is 1. The minimum atomic E-state index is -0.331. The molecule has 0 saturated carbocycles. The van der Waals surface area contributed by atoms with Gasteiger partial charge < -0.3 is 5.32 Å². The number of Topliss-reactive ketones (excluding diaryl/α,β-unsaturated/α-hetero) is 1. The fraction of sp³-hybridized carbons (Fsp3) is 0.133. The largest absolute Gasteiger partial charge is 0.378 e. The quantitative estimate of drug-likeness (QED) is 0.907. The van der Waals surface area contributed by atoms with Crippen LogP contribution in [0.4, 0.5) is 10.1 Å². The molecule has 0 aromatic heterocycles. The van der Waals surface area contributed by atoms with Crippen molar-refractivity contribution in [2.45, 2.75) is 6.42 Å². The number of hydrogen-bond acceptors (Lipinski definition) is 2. The fourth-order valence-electron chi connectivity index (χ4n) is 1.71. The van der Waals surface area contributed by atoms with Gasteiger partial charge in [-0.05, 0) is 35.9 Å². The summed E-state index contributed by atoms with van der Waals surface area (Å²) >= 11 is 3.32. The average molecular weight is 322 g/mol. The summed E-state index contributed by atoms with van der Waals surface area (Å²) in [6, 6.07) is 13.9. The van der Waals surface area contributed by atoms with Gasteiger partial charge in [0.1, 0.15) is 5.82 Å². The van der Waals surface area contributed by atoms with Crippen molar-refractivity contribution >= 4 is 27.4 Å². The summed E-state index contributed by atoms with van der Waals surface area (Å²) in [4.78, 5) is 11.8. The molecule has 0 amide bonds. The Balaban J connectivity index is 1.93. The van der Waals surface area contributed by atoms with Crippen molar-refractivity contribution in [1.29, 1.82) is 0 Å². The van der Waals surface area contributed by atoms with E-state index < -0.39 is 0 Å². The van der Waals surface area contributed by atoms with Crippen LogP contribution in [0.1, 0.15) is 5.56 Å². The van der Waals surface area contributed by atoms with Crippen LogP contribution in [0, 0.1) is 5.82 Å². The summed E-state index contributed by atoms with van der Waals surface area (Å²) in [5, 5.41) is 3.04. The predicted octanol–water partition coefficient (Wildman–Crippen LogP) is 3.81. The van der Waals surface area contributed by atoms with Gasteiger partial charge in [-0.1, -0.05) is 34.1 Å². The van der Waals surface area contributed by atoms with E-state index in [9.17, 15) is 9.18 Å². The highest BCUT2D eigenvalue weighted by Gasteiger charge is 2.08. The Morgan fingerprint density at radius 2 is 1.89 bits per heavy atom. The second kappa shape index (κ2) is 6.48. The Kier molecular flexibility index (Phi) is 4.68. The third-order valence-electron chi connectivity index (χ3n) is 2.66. The van der Waals surface area contributed by atoms with Crippen molar-refractivity contribution in [3.63, 3.8) is 0 Å². The molecule has 0 bridgehead atoms. The number of hydrogen-bond donors (Lipinski definition) is 1. The van der Waals surface area contributed by atoms with Crippen LogP contribution in [0.5, 0.6) is 0 Å². The number of ketones is 1. The Hall–Kier alpha value is -1.68. The van der Waals surface area contributed by atoms with E-state index >= 15 is 0 Å². The molecule has 4 heteroatoms. The number of para-hydroxylation sites is 1. The van der Waals surface area contributed by atoms with Crippen LogP contribution in [0.15, 0.2) is 53.0 Å². The van der Waals surface area contributed by atoms with E-state index in [4.69, 9.17) is 0 Å². The van der Waals surface area contributed by atoms with Gasteiger partial charge in [0.25, 0.3) is 0 Å². The highest BCUT2D eigenvalue weighted by molar-refractivity contribution is 9.10. The maximum atomic E-state index is 13.1. The van der Waals surface area contributed by atoms with Crippen molar-refractivity contribution in [2.75, 3.05) is 11.9 Å². The normalized spacial score (nSPS) is 10.2. The van der Waals surface area contributed by atoms with E-state index in [1.54, 1.807) is 6.07 Å². The van der Waals surface area contributed by atoms with E-state index in [1.807, 2.05) is 30.3 Å². The molecule has 1 N–H and O–H groups in total. The maximum Gasteiger partial charge on any atom is 0.156 e. The standard InChI is InChI=1S/C15H13BrFNO/c16-15-7-6-12(17)8-11(15)9-14(19)10-18-13-4-2-1-3-5-13/h1-8,18H,9-10H2. The molecule has 2 rings (SSSR count). The molecule has 2 aromatic carbocycles. The molecule has 0 radical (unpaired) electrons. The van der Waals surface area contributed by atoms with Crippen LogP contribution in [-0.2, 0) is 11.2 Å². The third kappa shape index (κ3) is 4.17. The Bertz CT molecular complexity index is 572. The van der Waals surface area contributed by atoms with Crippen LogP contribution in [0.3, 0.4) is 0 Å². The lowest BCUT2D eigenvalue weighted by Gasteiger charge is -2.07. The summed E-state index contributed by atoms with van der Waals surface area (Å²) < 4.78 is 13.9. The molecule has 0 spiro atoms. The molecule has 0 unspecified atom stereocenters. The molecule has 0 aliphatic heterocycles. The highest BCUT2D eigenvalue weighted by atomic mass is 79.9. The third-order valence-corrected chi connectivity index (χ3v) is 3.43. The van der Waals surface area contributed by atoms with Gasteiger partial charge in [0, 0.05) is 16.6 Å². The van der Waals surface area contributed by atoms with E-state index in [0.29, 0.717) is 5.56 Å². The van der Waals surface area contributed by atoms with Crippen LogP contribution < -0.4 is 5.32 Å². The van der Waals surface area contributed by atoms with Crippen LogP contribution in [-0.4, -0.2) is 12.3 Å². The molecular weight excluding hydrogens is 309 g/mol. The van der Waals surface area contributed by atoms with Crippen LogP contribution in [0.2, 0.25) is 0 Å². The molecule has 0 heterocycles. The van der Waals surface area contributed by atoms with Gasteiger partial charge in [-0.3, -0.25) is 4.79 Å². The number of halogens is 2. The van der Waals surface area contributed by atoms with E-state index in [-0.39, 0.29) is 24.6 Å². The molecular formula is C15H13BrFNO. The molecule has 2 nitrogen and oxygen atoms in total. The smallest absolute Gasteiger partial charge is 0.156 e. The van der Waals surface area contributed by atoms with Crippen molar-refractivity contribution in [3.8, 4) is 0 Å². The van der Waals surface area contributed by atoms with Crippen LogP contribution in [0.25, 0.3) is 0 Å². The molecule has 2 aromatic rings. The van der Waals surface area contributed by atoms with Crippen molar-refractivity contribution in [1.82, 2.24) is 0 Å². The Morgan fingerprint density at radius 1 is 1.16 bits per heavy atom. The lowest BCUT2D eigenvalue weighted by molar-refractivity contribution is -0.116. The molecule has 0 aliphatic carbocycles. The zero-order chi connectivity index (χ0) is 13.7. The van der Waals surface area contributed by atoms with E-state index in [1.165, 1.54) is 12.1 Å². The second-order valence-electron chi connectivity index (χ2n) is 4.17. The monoisotopic (exact) mass is 321 g/mol. The second-order valence-corrected chi connectivity index (χ2v) is 5.03. The number of rotatable bonds is 5. The summed E-state index contributed by atoms with van der Waals surface area (Å²) in [7, 11) is 0. The maximum absolute atomic E-state index is 13.1. The summed E-state index contributed by atoms with van der Waals surface area (Å²) in [6.45, 7) is 0.229. The molecule has 19 heavy (non-hydrogen) atoms. The molecule has 0 aliphatic rings. The minimum Gasteiger partial charge on any atom is -0.378 e. The first-order valence-corrected chi connectivity index (χ1v) is 6.69. The van der Waals surface area contributed by atoms with Gasteiger partial charge in [-0.15, -0.1) is 0 Å². The van der Waals surface area contributed by atoms with Gasteiger partial charge in [-0.2, -0.15) is 0 Å². The highest BCUT2D eigenvalue weighted by Crippen LogP contribution is 2.18. The lowest BCUT2D eigenvalue weighted by atomic mass is 10.1. The first-order valence-electron chi connectivity index (χ1n) is 5.90. The van der Waals surface area contributed by atoms with Gasteiger partial charge in [0.05, 0.1) is 6.54 Å². The molecule has 0 fully saturated rings. The number of carbonyl (C=O) groups is 1.